The van der Waals surface area contributed by atoms with Crippen molar-refractivity contribution in [2.75, 3.05) is 5.32 Å². The molecule has 1 aromatic rings. The molecule has 2 atom stereocenters. The van der Waals surface area contributed by atoms with Crippen LogP contribution in [0.5, 0.6) is 0 Å². The highest BCUT2D eigenvalue weighted by Crippen LogP contribution is 2.24. The van der Waals surface area contributed by atoms with Crippen molar-refractivity contribution in [3.05, 3.63) is 24.4 Å². The maximum atomic E-state index is 4.31. The van der Waals surface area contributed by atoms with Crippen molar-refractivity contribution in [1.29, 1.82) is 0 Å². The van der Waals surface area contributed by atoms with Crippen LogP contribution in [0.4, 0.5) is 5.82 Å². The van der Waals surface area contributed by atoms with E-state index >= 15 is 0 Å². The molecule has 0 bridgehead atoms. The zero-order valence-corrected chi connectivity index (χ0v) is 9.45. The van der Waals surface area contributed by atoms with Crippen LogP contribution < -0.4 is 5.32 Å². The first-order chi connectivity index (χ1) is 7.34. The first-order valence-electron chi connectivity index (χ1n) is 6.02. The Bertz CT molecular complexity index is 284. The molecule has 1 aliphatic carbocycles. The lowest BCUT2D eigenvalue weighted by Crippen LogP contribution is -2.18. The lowest BCUT2D eigenvalue weighted by Gasteiger charge is -2.16. The normalized spacial score (nSPS) is 27.0. The first kappa shape index (κ1) is 10.5. The van der Waals surface area contributed by atoms with Gasteiger partial charge in [0.05, 0.1) is 0 Å². The van der Waals surface area contributed by atoms with Crippen molar-refractivity contribution >= 4 is 5.82 Å². The molecule has 1 fully saturated rings. The predicted molar refractivity (Wildman–Crippen MR) is 63.9 cm³/mol. The van der Waals surface area contributed by atoms with Crippen molar-refractivity contribution in [3.8, 4) is 0 Å². The number of pyridine rings is 1. The van der Waals surface area contributed by atoms with Crippen LogP contribution >= 0.6 is 0 Å². The van der Waals surface area contributed by atoms with Gasteiger partial charge in [0, 0.05) is 12.2 Å². The molecule has 1 aromatic heterocycles. The number of rotatable bonds is 2. The van der Waals surface area contributed by atoms with Crippen LogP contribution in [0.25, 0.3) is 0 Å². The lowest BCUT2D eigenvalue weighted by molar-refractivity contribution is 0.502. The molecule has 15 heavy (non-hydrogen) atoms. The van der Waals surface area contributed by atoms with E-state index in [-0.39, 0.29) is 0 Å². The third-order valence-corrected chi connectivity index (χ3v) is 3.27. The molecule has 1 N–H and O–H groups in total. The number of hydrogen-bond donors (Lipinski definition) is 1. The molecule has 2 unspecified atom stereocenters. The minimum absolute atomic E-state index is 0.629. The second-order valence-electron chi connectivity index (χ2n) is 4.67. The Balaban J connectivity index is 1.89. The van der Waals surface area contributed by atoms with Crippen LogP contribution in [-0.4, -0.2) is 11.0 Å². The van der Waals surface area contributed by atoms with E-state index in [0.717, 1.165) is 11.7 Å². The minimum atomic E-state index is 0.629. The summed E-state index contributed by atoms with van der Waals surface area (Å²) in [6.45, 7) is 2.36. The Kier molecular flexibility index (Phi) is 3.59. The molecule has 1 saturated carbocycles. The molecule has 2 heteroatoms. The van der Waals surface area contributed by atoms with E-state index in [1.54, 1.807) is 0 Å². The Labute approximate surface area is 92.1 Å². The van der Waals surface area contributed by atoms with Crippen molar-refractivity contribution in [2.24, 2.45) is 5.92 Å². The van der Waals surface area contributed by atoms with Gasteiger partial charge in [0.2, 0.25) is 0 Å². The van der Waals surface area contributed by atoms with E-state index < -0.39 is 0 Å². The van der Waals surface area contributed by atoms with E-state index in [1.807, 2.05) is 24.4 Å². The zero-order chi connectivity index (χ0) is 10.5. The zero-order valence-electron chi connectivity index (χ0n) is 9.45. The van der Waals surface area contributed by atoms with E-state index in [0.29, 0.717) is 6.04 Å². The van der Waals surface area contributed by atoms with Crippen LogP contribution in [0.1, 0.15) is 39.0 Å². The minimum Gasteiger partial charge on any atom is -0.367 e. The van der Waals surface area contributed by atoms with Gasteiger partial charge in [-0.05, 0) is 37.3 Å². The average Bonchev–Trinajstić information content (AvgIpc) is 2.46. The molecule has 0 aliphatic heterocycles. The van der Waals surface area contributed by atoms with Crippen molar-refractivity contribution in [3.63, 3.8) is 0 Å². The van der Waals surface area contributed by atoms with Crippen molar-refractivity contribution < 1.29 is 0 Å². The Hall–Kier alpha value is -1.05. The summed E-state index contributed by atoms with van der Waals surface area (Å²) in [6, 6.07) is 6.67. The van der Waals surface area contributed by atoms with E-state index in [2.05, 4.69) is 17.2 Å². The summed E-state index contributed by atoms with van der Waals surface area (Å²) in [5.41, 5.74) is 0. The molecule has 0 spiro atoms. The molecule has 2 rings (SSSR count). The molecule has 0 saturated heterocycles. The summed E-state index contributed by atoms with van der Waals surface area (Å²) in [4.78, 5) is 4.31. The molecule has 2 nitrogen and oxygen atoms in total. The molecule has 0 aromatic carbocycles. The van der Waals surface area contributed by atoms with Gasteiger partial charge in [0.1, 0.15) is 5.82 Å². The topological polar surface area (TPSA) is 24.9 Å². The van der Waals surface area contributed by atoms with Gasteiger partial charge >= 0.3 is 0 Å². The summed E-state index contributed by atoms with van der Waals surface area (Å²) < 4.78 is 0. The average molecular weight is 204 g/mol. The van der Waals surface area contributed by atoms with Gasteiger partial charge in [-0.2, -0.15) is 0 Å². The Morgan fingerprint density at radius 1 is 1.20 bits per heavy atom. The fourth-order valence-electron chi connectivity index (χ4n) is 2.29. The highest BCUT2D eigenvalue weighted by molar-refractivity contribution is 5.34. The maximum absolute atomic E-state index is 4.31. The molecule has 1 aliphatic rings. The summed E-state index contributed by atoms with van der Waals surface area (Å²) in [5.74, 6) is 1.93. The first-order valence-corrected chi connectivity index (χ1v) is 6.02. The van der Waals surface area contributed by atoms with Crippen LogP contribution in [0, 0.1) is 5.92 Å². The third kappa shape index (κ3) is 3.22. The van der Waals surface area contributed by atoms with Gasteiger partial charge in [0.15, 0.2) is 0 Å². The summed E-state index contributed by atoms with van der Waals surface area (Å²) >= 11 is 0. The largest absolute Gasteiger partial charge is 0.367 e. The monoisotopic (exact) mass is 204 g/mol. The summed E-state index contributed by atoms with van der Waals surface area (Å²) in [5, 5.41) is 3.53. The number of aromatic nitrogens is 1. The SMILES string of the molecule is CC1CCCC(Nc2ccccn2)CC1. The smallest absolute Gasteiger partial charge is 0.126 e. The van der Waals surface area contributed by atoms with Crippen molar-refractivity contribution in [1.82, 2.24) is 4.98 Å². The van der Waals surface area contributed by atoms with Gasteiger partial charge in [-0.25, -0.2) is 4.98 Å². The van der Waals surface area contributed by atoms with Gasteiger partial charge in [0.25, 0.3) is 0 Å². The second-order valence-corrected chi connectivity index (χ2v) is 4.67. The van der Waals surface area contributed by atoms with Crippen LogP contribution in [0.15, 0.2) is 24.4 Å². The highest BCUT2D eigenvalue weighted by atomic mass is 15.0. The summed E-state index contributed by atoms with van der Waals surface area (Å²) in [7, 11) is 0. The molecule has 0 radical (unpaired) electrons. The van der Waals surface area contributed by atoms with E-state index in [9.17, 15) is 0 Å². The molecule has 1 heterocycles. The maximum Gasteiger partial charge on any atom is 0.126 e. The molecular weight excluding hydrogens is 184 g/mol. The van der Waals surface area contributed by atoms with Gasteiger partial charge < -0.3 is 5.32 Å². The number of nitrogens with one attached hydrogen (secondary N) is 1. The Morgan fingerprint density at radius 3 is 2.93 bits per heavy atom. The van der Waals surface area contributed by atoms with Gasteiger partial charge in [-0.15, -0.1) is 0 Å². The molecule has 82 valence electrons. The van der Waals surface area contributed by atoms with Gasteiger partial charge in [-0.3, -0.25) is 0 Å². The number of nitrogens with zero attached hydrogens (tertiary/aromatic N) is 1. The van der Waals surface area contributed by atoms with Crippen molar-refractivity contribution in [2.45, 2.75) is 45.1 Å². The van der Waals surface area contributed by atoms with E-state index in [4.69, 9.17) is 0 Å². The number of anilines is 1. The fourth-order valence-corrected chi connectivity index (χ4v) is 2.29. The molecular formula is C13H20N2. The summed E-state index contributed by atoms with van der Waals surface area (Å²) in [6.07, 6.45) is 8.52. The third-order valence-electron chi connectivity index (χ3n) is 3.27. The Morgan fingerprint density at radius 2 is 2.13 bits per heavy atom. The van der Waals surface area contributed by atoms with Gasteiger partial charge in [-0.1, -0.05) is 25.8 Å². The lowest BCUT2D eigenvalue weighted by atomic mass is 10.0. The van der Waals surface area contributed by atoms with E-state index in [1.165, 1.54) is 32.1 Å². The number of hydrogen-bond acceptors (Lipinski definition) is 2. The van der Waals surface area contributed by atoms with Crippen LogP contribution in [0.2, 0.25) is 0 Å². The quantitative estimate of drug-likeness (QED) is 0.746. The molecule has 0 amide bonds. The van der Waals surface area contributed by atoms with Crippen LogP contribution in [-0.2, 0) is 0 Å². The fraction of sp³-hybridized carbons (Fsp3) is 0.615. The highest BCUT2D eigenvalue weighted by Gasteiger charge is 2.15. The van der Waals surface area contributed by atoms with Crippen LogP contribution in [0.3, 0.4) is 0 Å². The predicted octanol–water partition coefficient (Wildman–Crippen LogP) is 3.46. The standard InChI is InChI=1S/C13H20N2/c1-11-5-4-6-12(9-8-11)15-13-7-2-3-10-14-13/h2-3,7,10-12H,4-6,8-9H2,1H3,(H,14,15). The second kappa shape index (κ2) is 5.15.